The fraction of sp³-hybridized carbons (Fsp3) is 0.571. The van der Waals surface area contributed by atoms with Gasteiger partial charge in [-0.25, -0.2) is 0 Å². The van der Waals surface area contributed by atoms with Gasteiger partial charge in [-0.05, 0) is 0 Å². The highest BCUT2D eigenvalue weighted by molar-refractivity contribution is 5.89. The highest BCUT2D eigenvalue weighted by atomic mass is 16.4. The molecule has 0 bridgehead atoms. The van der Waals surface area contributed by atoms with E-state index in [0.29, 0.717) is 0 Å². The molecule has 0 saturated carbocycles. The molecule has 14 heavy (non-hydrogen) atoms. The summed E-state index contributed by atoms with van der Waals surface area (Å²) in [5, 5.41) is 8.37. The van der Waals surface area contributed by atoms with Crippen molar-refractivity contribution in [1.82, 2.24) is 4.90 Å². The molecule has 5 N–H and O–H groups in total. The molecule has 0 aliphatic carbocycles. The molecule has 0 rings (SSSR count). The Balaban J connectivity index is 4.16. The van der Waals surface area contributed by atoms with Gasteiger partial charge in [-0.3, -0.25) is 14.4 Å². The number of carbonyl (C=O) groups is 3. The van der Waals surface area contributed by atoms with E-state index in [1.54, 1.807) is 0 Å². The van der Waals surface area contributed by atoms with Gasteiger partial charge >= 0.3 is 5.97 Å². The standard InChI is InChI=1S/C7H13N3O4/c1-10(3-6(12)13)7(14)4(8)2-5(9)11/h4H,2-3,8H2,1H3,(H2,9,11)(H,12,13). The molecule has 0 saturated heterocycles. The molecule has 0 aliphatic heterocycles. The van der Waals surface area contributed by atoms with E-state index >= 15 is 0 Å². The van der Waals surface area contributed by atoms with Crippen molar-refractivity contribution in [1.29, 1.82) is 0 Å². The van der Waals surface area contributed by atoms with Gasteiger partial charge in [0.1, 0.15) is 6.54 Å². The summed E-state index contributed by atoms with van der Waals surface area (Å²) < 4.78 is 0. The SMILES string of the molecule is CN(CC(=O)O)C(=O)C(N)CC(N)=O. The van der Waals surface area contributed by atoms with E-state index in [-0.39, 0.29) is 6.42 Å². The number of rotatable bonds is 5. The van der Waals surface area contributed by atoms with Crippen molar-refractivity contribution < 1.29 is 19.5 Å². The second kappa shape index (κ2) is 5.18. The number of hydrogen-bond donors (Lipinski definition) is 3. The Morgan fingerprint density at radius 3 is 2.29 bits per heavy atom. The zero-order valence-electron chi connectivity index (χ0n) is 7.77. The van der Waals surface area contributed by atoms with Gasteiger partial charge in [0.2, 0.25) is 11.8 Å². The zero-order valence-corrected chi connectivity index (χ0v) is 7.77. The summed E-state index contributed by atoms with van der Waals surface area (Å²) in [6.45, 7) is -0.453. The molecule has 7 nitrogen and oxygen atoms in total. The lowest BCUT2D eigenvalue weighted by atomic mass is 10.2. The Bertz CT molecular complexity index is 229. The monoisotopic (exact) mass is 203 g/mol. The summed E-state index contributed by atoms with van der Waals surface area (Å²) in [4.78, 5) is 32.8. The summed E-state index contributed by atoms with van der Waals surface area (Å²) in [5.41, 5.74) is 10.1. The van der Waals surface area contributed by atoms with Crippen LogP contribution in [0.15, 0.2) is 0 Å². The predicted octanol–water partition coefficient (Wildman–Crippen LogP) is -2.27. The number of likely N-dealkylation sites (N-methyl/N-ethyl adjacent to an activating group) is 1. The minimum Gasteiger partial charge on any atom is -0.480 e. The molecule has 0 aromatic rings. The van der Waals surface area contributed by atoms with Crippen LogP contribution in [0.5, 0.6) is 0 Å². The van der Waals surface area contributed by atoms with Crippen LogP contribution in [0.2, 0.25) is 0 Å². The second-order valence-corrected chi connectivity index (χ2v) is 2.86. The Morgan fingerprint density at radius 2 is 1.93 bits per heavy atom. The molecular weight excluding hydrogens is 190 g/mol. The van der Waals surface area contributed by atoms with Crippen molar-refractivity contribution in [2.75, 3.05) is 13.6 Å². The maximum atomic E-state index is 11.2. The fourth-order valence-corrected chi connectivity index (χ4v) is 0.868. The van der Waals surface area contributed by atoms with E-state index in [9.17, 15) is 14.4 Å². The average molecular weight is 203 g/mol. The van der Waals surface area contributed by atoms with Gasteiger partial charge in [0.15, 0.2) is 0 Å². The predicted molar refractivity (Wildman–Crippen MR) is 47.1 cm³/mol. The molecule has 0 fully saturated rings. The number of primary amides is 1. The van der Waals surface area contributed by atoms with Crippen LogP contribution < -0.4 is 11.5 Å². The quantitative estimate of drug-likeness (QED) is 0.464. The highest BCUT2D eigenvalue weighted by Gasteiger charge is 2.21. The van der Waals surface area contributed by atoms with Crippen molar-refractivity contribution in [2.24, 2.45) is 11.5 Å². The molecule has 0 aliphatic rings. The largest absolute Gasteiger partial charge is 0.480 e. The molecule has 80 valence electrons. The summed E-state index contributed by atoms with van der Waals surface area (Å²) in [7, 11) is 1.29. The molecule has 1 atom stereocenters. The van der Waals surface area contributed by atoms with Gasteiger partial charge in [-0.2, -0.15) is 0 Å². The maximum Gasteiger partial charge on any atom is 0.323 e. The number of aliphatic carboxylic acids is 1. The van der Waals surface area contributed by atoms with Gasteiger partial charge in [-0.1, -0.05) is 0 Å². The van der Waals surface area contributed by atoms with Crippen LogP contribution in [-0.4, -0.2) is 47.4 Å². The van der Waals surface area contributed by atoms with Crippen LogP contribution in [0, 0.1) is 0 Å². The van der Waals surface area contributed by atoms with Crippen molar-refractivity contribution in [2.45, 2.75) is 12.5 Å². The normalized spacial score (nSPS) is 11.9. The summed E-state index contributed by atoms with van der Waals surface area (Å²) in [6.07, 6.45) is -0.289. The molecule has 0 spiro atoms. The van der Waals surface area contributed by atoms with E-state index in [2.05, 4.69) is 0 Å². The average Bonchev–Trinajstić information content (AvgIpc) is 2.00. The van der Waals surface area contributed by atoms with Crippen molar-refractivity contribution in [3.63, 3.8) is 0 Å². The minimum absolute atomic E-state index is 0.289. The third-order valence-electron chi connectivity index (χ3n) is 1.49. The van der Waals surface area contributed by atoms with Gasteiger partial charge in [0, 0.05) is 7.05 Å². The summed E-state index contributed by atoms with van der Waals surface area (Å²) in [6, 6.07) is -1.07. The first kappa shape index (κ1) is 12.4. The molecule has 0 aromatic carbocycles. The lowest BCUT2D eigenvalue weighted by Gasteiger charge is -2.18. The lowest BCUT2D eigenvalue weighted by Crippen LogP contribution is -2.45. The Labute approximate surface area is 80.6 Å². The van der Waals surface area contributed by atoms with E-state index in [1.807, 2.05) is 0 Å². The number of carboxylic acids is 1. The first-order valence-corrected chi connectivity index (χ1v) is 3.85. The fourth-order valence-electron chi connectivity index (χ4n) is 0.868. The van der Waals surface area contributed by atoms with E-state index in [1.165, 1.54) is 7.05 Å². The summed E-state index contributed by atoms with van der Waals surface area (Å²) in [5.74, 6) is -2.46. The molecule has 0 heterocycles. The second-order valence-electron chi connectivity index (χ2n) is 2.86. The van der Waals surface area contributed by atoms with E-state index in [0.717, 1.165) is 4.90 Å². The number of nitrogens with two attached hydrogens (primary N) is 2. The van der Waals surface area contributed by atoms with Crippen LogP contribution in [0.3, 0.4) is 0 Å². The van der Waals surface area contributed by atoms with Gasteiger partial charge in [0.05, 0.1) is 12.5 Å². The topological polar surface area (TPSA) is 127 Å². The van der Waals surface area contributed by atoms with Gasteiger partial charge < -0.3 is 21.5 Å². The minimum atomic E-state index is -1.15. The van der Waals surface area contributed by atoms with Crippen LogP contribution in [0.1, 0.15) is 6.42 Å². The van der Waals surface area contributed by atoms with Crippen molar-refractivity contribution >= 4 is 17.8 Å². The van der Waals surface area contributed by atoms with Crippen LogP contribution in [0.4, 0.5) is 0 Å². The van der Waals surface area contributed by atoms with E-state index in [4.69, 9.17) is 16.6 Å². The third kappa shape index (κ3) is 4.41. The lowest BCUT2D eigenvalue weighted by molar-refractivity contribution is -0.144. The van der Waals surface area contributed by atoms with Gasteiger partial charge in [-0.15, -0.1) is 0 Å². The van der Waals surface area contributed by atoms with Gasteiger partial charge in [0.25, 0.3) is 0 Å². The first-order chi connectivity index (χ1) is 6.34. The molecule has 0 aromatic heterocycles. The van der Waals surface area contributed by atoms with Crippen molar-refractivity contribution in [3.05, 3.63) is 0 Å². The number of nitrogens with zero attached hydrogens (tertiary/aromatic N) is 1. The number of carboxylic acid groups (broad SMARTS) is 1. The third-order valence-corrected chi connectivity index (χ3v) is 1.49. The number of carbonyl (C=O) groups excluding carboxylic acids is 2. The molecule has 1 unspecified atom stereocenters. The number of hydrogen-bond acceptors (Lipinski definition) is 4. The Kier molecular flexibility index (Phi) is 4.57. The summed E-state index contributed by atoms with van der Waals surface area (Å²) >= 11 is 0. The van der Waals surface area contributed by atoms with Crippen LogP contribution in [-0.2, 0) is 14.4 Å². The maximum absolute atomic E-state index is 11.2. The van der Waals surface area contributed by atoms with Crippen molar-refractivity contribution in [3.8, 4) is 0 Å². The Hall–Kier alpha value is -1.63. The first-order valence-electron chi connectivity index (χ1n) is 3.85. The molecule has 0 radical (unpaired) electrons. The smallest absolute Gasteiger partial charge is 0.323 e. The van der Waals surface area contributed by atoms with E-state index < -0.39 is 30.4 Å². The number of amides is 2. The molecular formula is C7H13N3O4. The van der Waals surface area contributed by atoms with Crippen LogP contribution >= 0.6 is 0 Å². The Morgan fingerprint density at radius 1 is 1.43 bits per heavy atom. The van der Waals surface area contributed by atoms with Crippen LogP contribution in [0.25, 0.3) is 0 Å². The highest BCUT2D eigenvalue weighted by Crippen LogP contribution is 1.94. The molecule has 2 amide bonds. The molecule has 7 heteroatoms. The zero-order chi connectivity index (χ0) is 11.3.